The molecule has 3 nitrogen and oxygen atoms in total. The highest BCUT2D eigenvalue weighted by Gasteiger charge is 2.48. The Balaban J connectivity index is 1.22. The Bertz CT molecular complexity index is 3990. The van der Waals surface area contributed by atoms with Crippen LogP contribution in [-0.2, 0) is 5.41 Å². The van der Waals surface area contributed by atoms with Gasteiger partial charge < -0.3 is 14.4 Å². The van der Waals surface area contributed by atoms with Gasteiger partial charge in [0.15, 0.2) is 0 Å². The fourth-order valence-electron chi connectivity index (χ4n) is 10.7. The molecule has 3 heteroatoms. The standard InChI is InChI=1S/C65H45N3/c1-6-23-48(24-7-1)66(49-25-8-2-9-26-49)53-38-41-61-58(44-53)59-45-54(67(50-27-10-3-11-28-50)51-29-12-4-13-30-51)39-42-62(59)65(61,60-35-20-22-46-21-16-17-33-55(46)60)47-37-40-57-56-34-18-19-36-63(56)68(64(57)43-47)52-31-14-5-15-32-52/h1-45H/i16D,17D,20D,21D,22D,33D,35D. The molecule has 0 aliphatic heterocycles. The van der Waals surface area contributed by atoms with E-state index in [0.717, 1.165) is 89.4 Å². The SMILES string of the molecule is [2H]c1c([2H])c([2H])c2c(C3(c4ccc5c6ccccc6n(-c6ccccc6)c5c4)c4ccc(N(c5ccccc5)c5ccccc5)cc4-c4cc(N(c5ccccc5)c5ccccc5)ccc43)c([2H])c([2H])c([2H])c2c1[2H]. The summed E-state index contributed by atoms with van der Waals surface area (Å²) in [5.41, 5.74) is 10.9. The van der Waals surface area contributed by atoms with Crippen LogP contribution in [0.15, 0.2) is 273 Å². The molecular weight excluding hydrogens is 823 g/mol. The predicted octanol–water partition coefficient (Wildman–Crippen LogP) is 17.2. The lowest BCUT2D eigenvalue weighted by Crippen LogP contribution is -2.29. The van der Waals surface area contributed by atoms with Gasteiger partial charge in [-0.2, -0.15) is 0 Å². The minimum absolute atomic E-state index is 0.0352. The summed E-state index contributed by atoms with van der Waals surface area (Å²) in [6, 6.07) is 75.6. The number of benzene rings is 11. The van der Waals surface area contributed by atoms with Crippen molar-refractivity contribution in [2.24, 2.45) is 0 Å². The number of hydrogen-bond donors (Lipinski definition) is 0. The molecule has 0 bridgehead atoms. The molecule has 0 fully saturated rings. The van der Waals surface area contributed by atoms with E-state index in [1.165, 1.54) is 0 Å². The van der Waals surface area contributed by atoms with Gasteiger partial charge in [-0.3, -0.25) is 0 Å². The molecule has 13 rings (SSSR count). The van der Waals surface area contributed by atoms with Crippen LogP contribution in [0.5, 0.6) is 0 Å². The molecule has 0 atom stereocenters. The van der Waals surface area contributed by atoms with Gasteiger partial charge in [-0.1, -0.05) is 176 Å². The first-order valence-corrected chi connectivity index (χ1v) is 22.9. The van der Waals surface area contributed by atoms with Gasteiger partial charge in [0, 0.05) is 50.6 Å². The van der Waals surface area contributed by atoms with Crippen molar-refractivity contribution in [3.63, 3.8) is 0 Å². The third-order valence-electron chi connectivity index (χ3n) is 13.5. The lowest BCUT2D eigenvalue weighted by atomic mass is 9.66. The Hall–Kier alpha value is -8.92. The molecule has 0 radical (unpaired) electrons. The van der Waals surface area contributed by atoms with Crippen molar-refractivity contribution >= 4 is 66.7 Å². The van der Waals surface area contributed by atoms with Crippen LogP contribution < -0.4 is 9.80 Å². The molecule has 0 amide bonds. The van der Waals surface area contributed by atoms with Gasteiger partial charge in [-0.05, 0) is 141 Å². The maximum absolute atomic E-state index is 10.2. The number of para-hydroxylation sites is 6. The normalized spacial score (nSPS) is 14.0. The highest BCUT2D eigenvalue weighted by atomic mass is 15.1. The molecule has 1 aliphatic rings. The molecule has 0 spiro atoms. The summed E-state index contributed by atoms with van der Waals surface area (Å²) < 4.78 is 68.7. The van der Waals surface area contributed by atoms with Crippen LogP contribution in [0.25, 0.3) is 49.4 Å². The van der Waals surface area contributed by atoms with E-state index in [4.69, 9.17) is 1.37 Å². The van der Waals surface area contributed by atoms with E-state index in [0.29, 0.717) is 0 Å². The van der Waals surface area contributed by atoms with Crippen molar-refractivity contribution in [3.05, 3.63) is 295 Å². The first-order chi connectivity index (χ1) is 36.7. The lowest BCUT2D eigenvalue weighted by molar-refractivity contribution is 0.777. The zero-order valence-corrected chi connectivity index (χ0v) is 36.8. The van der Waals surface area contributed by atoms with Crippen LogP contribution in [-0.4, -0.2) is 4.57 Å². The summed E-state index contributed by atoms with van der Waals surface area (Å²) in [5, 5.41) is 1.99. The maximum Gasteiger partial charge on any atom is 0.0720 e. The Kier molecular flexibility index (Phi) is 7.79. The van der Waals surface area contributed by atoms with Crippen LogP contribution in [0.4, 0.5) is 34.1 Å². The molecule has 12 aromatic rings. The van der Waals surface area contributed by atoms with Crippen molar-refractivity contribution < 1.29 is 9.60 Å². The minimum atomic E-state index is -1.51. The molecule has 1 aromatic heterocycles. The average molecular weight is 875 g/mol. The zero-order valence-electron chi connectivity index (χ0n) is 43.8. The molecule has 1 heterocycles. The van der Waals surface area contributed by atoms with Crippen molar-refractivity contribution in [2.75, 3.05) is 9.80 Å². The van der Waals surface area contributed by atoms with Crippen LogP contribution in [0.2, 0.25) is 0 Å². The summed E-state index contributed by atoms with van der Waals surface area (Å²) in [6.45, 7) is 0. The summed E-state index contributed by atoms with van der Waals surface area (Å²) >= 11 is 0. The Morgan fingerprint density at radius 1 is 0.338 bits per heavy atom. The van der Waals surface area contributed by atoms with Crippen LogP contribution in [0, 0.1) is 0 Å². The van der Waals surface area contributed by atoms with E-state index in [2.05, 4.69) is 142 Å². The largest absolute Gasteiger partial charge is 0.310 e. The second-order valence-corrected chi connectivity index (χ2v) is 17.1. The van der Waals surface area contributed by atoms with Crippen molar-refractivity contribution in [2.45, 2.75) is 5.41 Å². The molecular formula is C65H45N3. The van der Waals surface area contributed by atoms with Gasteiger partial charge in [0.2, 0.25) is 0 Å². The average Bonchev–Trinajstić information content (AvgIpc) is 3.99. The molecule has 68 heavy (non-hydrogen) atoms. The maximum atomic E-state index is 10.2. The molecule has 0 saturated carbocycles. The van der Waals surface area contributed by atoms with Crippen molar-refractivity contribution in [3.8, 4) is 16.8 Å². The van der Waals surface area contributed by atoms with Gasteiger partial charge in [-0.25, -0.2) is 0 Å². The Labute approximate surface area is 406 Å². The smallest absolute Gasteiger partial charge is 0.0720 e. The van der Waals surface area contributed by atoms with Crippen LogP contribution in [0.3, 0.4) is 0 Å². The molecule has 320 valence electrons. The van der Waals surface area contributed by atoms with E-state index >= 15 is 0 Å². The second kappa shape index (κ2) is 16.2. The van der Waals surface area contributed by atoms with Gasteiger partial charge in [0.05, 0.1) is 26.0 Å². The van der Waals surface area contributed by atoms with E-state index in [9.17, 15) is 8.22 Å². The van der Waals surface area contributed by atoms with Gasteiger partial charge >= 0.3 is 0 Å². The second-order valence-electron chi connectivity index (χ2n) is 17.1. The molecule has 0 unspecified atom stereocenters. The molecule has 11 aromatic carbocycles. The number of anilines is 6. The first-order valence-electron chi connectivity index (χ1n) is 26.4. The third kappa shape index (κ3) is 6.21. The fourth-order valence-corrected chi connectivity index (χ4v) is 10.7. The van der Waals surface area contributed by atoms with Crippen molar-refractivity contribution in [1.82, 2.24) is 4.57 Å². The number of hydrogen-bond acceptors (Lipinski definition) is 2. The van der Waals surface area contributed by atoms with E-state index in [-0.39, 0.29) is 28.4 Å². The molecule has 1 aliphatic carbocycles. The quantitative estimate of drug-likeness (QED) is 0.143. The number of nitrogens with zero attached hydrogens (tertiary/aromatic N) is 3. The molecule has 0 saturated heterocycles. The highest BCUT2D eigenvalue weighted by Crippen LogP contribution is 2.60. The minimum Gasteiger partial charge on any atom is -0.310 e. The van der Waals surface area contributed by atoms with E-state index < -0.39 is 35.6 Å². The monoisotopic (exact) mass is 874 g/mol. The number of fused-ring (bicyclic) bond motifs is 7. The van der Waals surface area contributed by atoms with Gasteiger partial charge in [-0.15, -0.1) is 0 Å². The summed E-state index contributed by atoms with van der Waals surface area (Å²) in [6.07, 6.45) is 0. The summed E-state index contributed by atoms with van der Waals surface area (Å²) in [4.78, 5) is 4.43. The highest BCUT2D eigenvalue weighted by molar-refractivity contribution is 6.10. The predicted molar refractivity (Wildman–Crippen MR) is 285 cm³/mol. The topological polar surface area (TPSA) is 11.4 Å². The zero-order chi connectivity index (χ0) is 51.1. The van der Waals surface area contributed by atoms with Gasteiger partial charge in [0.1, 0.15) is 0 Å². The number of rotatable bonds is 9. The van der Waals surface area contributed by atoms with E-state index in [1.807, 2.05) is 103 Å². The molecule has 0 N–H and O–H groups in total. The van der Waals surface area contributed by atoms with E-state index in [1.54, 1.807) is 0 Å². The lowest BCUT2D eigenvalue weighted by Gasteiger charge is -2.35. The Morgan fingerprint density at radius 3 is 1.37 bits per heavy atom. The fraction of sp³-hybridized carbons (Fsp3) is 0.0154. The van der Waals surface area contributed by atoms with Crippen molar-refractivity contribution in [1.29, 1.82) is 0 Å². The van der Waals surface area contributed by atoms with Gasteiger partial charge in [0.25, 0.3) is 0 Å². The van der Waals surface area contributed by atoms with Crippen LogP contribution >= 0.6 is 0 Å². The summed E-state index contributed by atoms with van der Waals surface area (Å²) in [7, 11) is 0. The number of aromatic nitrogens is 1. The third-order valence-corrected chi connectivity index (χ3v) is 13.5. The Morgan fingerprint density at radius 2 is 0.809 bits per heavy atom. The first kappa shape index (κ1) is 32.7. The summed E-state index contributed by atoms with van der Waals surface area (Å²) in [5.74, 6) is 0. The van der Waals surface area contributed by atoms with Crippen LogP contribution in [0.1, 0.15) is 31.8 Å².